The summed E-state index contributed by atoms with van der Waals surface area (Å²) in [5, 5.41) is 5.76. The largest absolute Gasteiger partial charge is 0.369 e. The maximum absolute atomic E-state index is 4.45. The molecule has 5 heteroatoms. The first kappa shape index (κ1) is 13.5. The highest BCUT2D eigenvalue weighted by Crippen LogP contribution is 2.37. The molecule has 0 aromatic carbocycles. The number of thiophene rings is 1. The fourth-order valence-corrected chi connectivity index (χ4v) is 5.00. The molecule has 2 bridgehead atoms. The van der Waals surface area contributed by atoms with E-state index < -0.39 is 0 Å². The summed E-state index contributed by atoms with van der Waals surface area (Å²) in [6, 6.07) is 1.62. The number of hydrogen-bond acceptors (Lipinski definition) is 5. The van der Waals surface area contributed by atoms with E-state index in [4.69, 9.17) is 0 Å². The van der Waals surface area contributed by atoms with Gasteiger partial charge in [0.05, 0.1) is 10.2 Å². The highest BCUT2D eigenvalue weighted by Gasteiger charge is 2.38. The van der Waals surface area contributed by atoms with Gasteiger partial charge in [-0.3, -0.25) is 0 Å². The minimum Gasteiger partial charge on any atom is -0.369 e. The molecule has 2 aromatic rings. The monoisotopic (exact) mass is 302 g/mol. The van der Waals surface area contributed by atoms with Crippen LogP contribution >= 0.6 is 11.3 Å². The van der Waals surface area contributed by atoms with Gasteiger partial charge in [0, 0.05) is 18.6 Å². The molecule has 0 amide bonds. The zero-order valence-electron chi connectivity index (χ0n) is 12.7. The van der Waals surface area contributed by atoms with Gasteiger partial charge in [-0.05, 0) is 56.5 Å². The number of rotatable bonds is 3. The van der Waals surface area contributed by atoms with Crippen molar-refractivity contribution in [1.29, 1.82) is 0 Å². The van der Waals surface area contributed by atoms with Crippen molar-refractivity contribution in [3.63, 3.8) is 0 Å². The number of anilines is 1. The lowest BCUT2D eigenvalue weighted by molar-refractivity contribution is 0.139. The molecule has 0 aliphatic carbocycles. The molecule has 2 fully saturated rings. The van der Waals surface area contributed by atoms with Crippen molar-refractivity contribution in [1.82, 2.24) is 14.9 Å². The lowest BCUT2D eigenvalue weighted by atomic mass is 9.91. The van der Waals surface area contributed by atoms with Crippen molar-refractivity contribution >= 4 is 27.4 Å². The van der Waals surface area contributed by atoms with Crippen LogP contribution in [0.4, 0.5) is 5.82 Å². The fraction of sp³-hybridized carbons (Fsp3) is 0.625. The van der Waals surface area contributed by atoms with Crippen LogP contribution in [0.25, 0.3) is 10.2 Å². The van der Waals surface area contributed by atoms with E-state index in [9.17, 15) is 0 Å². The van der Waals surface area contributed by atoms with Crippen molar-refractivity contribution < 1.29 is 0 Å². The number of fused-ring (bicyclic) bond motifs is 3. The van der Waals surface area contributed by atoms with Gasteiger partial charge < -0.3 is 10.2 Å². The maximum Gasteiger partial charge on any atom is 0.147 e. The van der Waals surface area contributed by atoms with Crippen LogP contribution in [-0.4, -0.2) is 40.5 Å². The molecule has 2 aliphatic heterocycles. The standard InChI is InChI=1S/C16H22N4S/c1-10-8-21-15-14(10)18-9-19-16(15)17-7-11-5-12-3-4-13(6-11)20(12)2/h8-9,11-13H,3-7H2,1-2H3,(H,17,18,19). The Kier molecular flexibility index (Phi) is 3.34. The Morgan fingerprint density at radius 1 is 1.29 bits per heavy atom. The molecule has 2 atom stereocenters. The molecule has 1 N–H and O–H groups in total. The van der Waals surface area contributed by atoms with Gasteiger partial charge >= 0.3 is 0 Å². The zero-order chi connectivity index (χ0) is 14.4. The molecule has 112 valence electrons. The second-order valence-electron chi connectivity index (χ2n) is 6.59. The van der Waals surface area contributed by atoms with Crippen molar-refractivity contribution in [3.8, 4) is 0 Å². The first-order valence-corrected chi connectivity index (χ1v) is 8.75. The van der Waals surface area contributed by atoms with Gasteiger partial charge in [0.1, 0.15) is 12.1 Å². The van der Waals surface area contributed by atoms with E-state index in [0.717, 1.165) is 35.9 Å². The van der Waals surface area contributed by atoms with E-state index in [1.54, 1.807) is 17.7 Å². The molecule has 4 heterocycles. The minimum absolute atomic E-state index is 0.782. The van der Waals surface area contributed by atoms with Gasteiger partial charge in [-0.25, -0.2) is 9.97 Å². The fourth-order valence-electron chi connectivity index (χ4n) is 4.03. The van der Waals surface area contributed by atoms with Crippen LogP contribution in [0.15, 0.2) is 11.7 Å². The minimum atomic E-state index is 0.782. The molecule has 2 unspecified atom stereocenters. The smallest absolute Gasteiger partial charge is 0.147 e. The summed E-state index contributed by atoms with van der Waals surface area (Å²) in [7, 11) is 2.30. The van der Waals surface area contributed by atoms with Gasteiger partial charge in [0.15, 0.2) is 0 Å². The Labute approximate surface area is 129 Å². The molecule has 0 saturated carbocycles. The van der Waals surface area contributed by atoms with Gasteiger partial charge in [-0.1, -0.05) is 0 Å². The average molecular weight is 302 g/mol. The van der Waals surface area contributed by atoms with Crippen LogP contribution in [0.1, 0.15) is 31.2 Å². The highest BCUT2D eigenvalue weighted by molar-refractivity contribution is 7.18. The summed E-state index contributed by atoms with van der Waals surface area (Å²) in [5.41, 5.74) is 2.35. The van der Waals surface area contributed by atoms with Crippen LogP contribution < -0.4 is 5.32 Å². The van der Waals surface area contributed by atoms with Crippen molar-refractivity contribution in [3.05, 3.63) is 17.3 Å². The van der Waals surface area contributed by atoms with E-state index in [1.807, 2.05) is 0 Å². The van der Waals surface area contributed by atoms with Gasteiger partial charge in [0.25, 0.3) is 0 Å². The molecule has 21 heavy (non-hydrogen) atoms. The number of aryl methyl sites for hydroxylation is 1. The SMILES string of the molecule is Cc1csc2c(NCC3CC4CCC(C3)N4C)ncnc12. The van der Waals surface area contributed by atoms with Crippen LogP contribution in [0.2, 0.25) is 0 Å². The van der Waals surface area contributed by atoms with E-state index in [2.05, 4.69) is 39.5 Å². The summed E-state index contributed by atoms with van der Waals surface area (Å²) >= 11 is 1.75. The maximum atomic E-state index is 4.45. The Morgan fingerprint density at radius 3 is 2.81 bits per heavy atom. The van der Waals surface area contributed by atoms with Crippen LogP contribution in [-0.2, 0) is 0 Å². The van der Waals surface area contributed by atoms with E-state index in [1.165, 1.54) is 35.9 Å². The quantitative estimate of drug-likeness (QED) is 0.944. The molecule has 0 radical (unpaired) electrons. The lowest BCUT2D eigenvalue weighted by Gasteiger charge is -2.36. The topological polar surface area (TPSA) is 41.0 Å². The predicted octanol–water partition coefficient (Wildman–Crippen LogP) is 3.28. The summed E-state index contributed by atoms with van der Waals surface area (Å²) in [6.07, 6.45) is 7.12. The Hall–Kier alpha value is -1.20. The molecule has 4 rings (SSSR count). The van der Waals surface area contributed by atoms with E-state index >= 15 is 0 Å². The Bertz CT molecular complexity index is 639. The molecular weight excluding hydrogens is 280 g/mol. The van der Waals surface area contributed by atoms with E-state index in [-0.39, 0.29) is 0 Å². The van der Waals surface area contributed by atoms with Crippen molar-refractivity contribution in [2.24, 2.45) is 5.92 Å². The predicted molar refractivity (Wildman–Crippen MR) is 87.9 cm³/mol. The first-order valence-electron chi connectivity index (χ1n) is 7.87. The number of hydrogen-bond donors (Lipinski definition) is 1. The normalized spacial score (nSPS) is 29.1. The van der Waals surface area contributed by atoms with Crippen LogP contribution in [0, 0.1) is 12.8 Å². The summed E-state index contributed by atoms with van der Waals surface area (Å²) in [6.45, 7) is 3.16. The van der Waals surface area contributed by atoms with Crippen LogP contribution in [0.5, 0.6) is 0 Å². The molecular formula is C16H22N4S. The van der Waals surface area contributed by atoms with E-state index in [0.29, 0.717) is 0 Å². The third-order valence-corrected chi connectivity index (χ3v) is 6.38. The summed E-state index contributed by atoms with van der Waals surface area (Å²) in [5.74, 6) is 1.80. The first-order chi connectivity index (χ1) is 10.2. The third-order valence-electron chi connectivity index (χ3n) is 5.28. The molecule has 0 spiro atoms. The number of aromatic nitrogens is 2. The highest BCUT2D eigenvalue weighted by atomic mass is 32.1. The van der Waals surface area contributed by atoms with Gasteiger partial charge in [0.2, 0.25) is 0 Å². The number of nitrogens with zero attached hydrogens (tertiary/aromatic N) is 3. The summed E-state index contributed by atoms with van der Waals surface area (Å²) in [4.78, 5) is 11.4. The van der Waals surface area contributed by atoms with Gasteiger partial charge in [-0.2, -0.15) is 0 Å². The van der Waals surface area contributed by atoms with Crippen LogP contribution in [0.3, 0.4) is 0 Å². The van der Waals surface area contributed by atoms with Crippen molar-refractivity contribution in [2.75, 3.05) is 18.9 Å². The third kappa shape index (κ3) is 2.32. The number of nitrogens with one attached hydrogen (secondary N) is 1. The Morgan fingerprint density at radius 2 is 2.05 bits per heavy atom. The molecule has 2 aromatic heterocycles. The second-order valence-corrected chi connectivity index (χ2v) is 7.47. The zero-order valence-corrected chi connectivity index (χ0v) is 13.5. The average Bonchev–Trinajstić information content (AvgIpc) is 2.94. The second kappa shape index (κ2) is 5.21. The van der Waals surface area contributed by atoms with Crippen molar-refractivity contribution in [2.45, 2.75) is 44.7 Å². The summed E-state index contributed by atoms with van der Waals surface area (Å²) < 4.78 is 1.20. The van der Waals surface area contributed by atoms with Gasteiger partial charge in [-0.15, -0.1) is 11.3 Å². The molecule has 4 nitrogen and oxygen atoms in total. The lowest BCUT2D eigenvalue weighted by Crippen LogP contribution is -2.41. The molecule has 2 aliphatic rings. The number of piperidine rings is 1. The Balaban J connectivity index is 1.47. The molecule has 2 saturated heterocycles.